The number of aryl methyl sites for hydroxylation is 1. The van der Waals surface area contributed by atoms with Crippen molar-refractivity contribution in [1.29, 1.82) is 0 Å². The Labute approximate surface area is 133 Å². The van der Waals surface area contributed by atoms with E-state index in [9.17, 15) is 0 Å². The van der Waals surface area contributed by atoms with Gasteiger partial charge in [0.2, 0.25) is 0 Å². The minimum Gasteiger partial charge on any atom is -0.375 e. The summed E-state index contributed by atoms with van der Waals surface area (Å²) in [7, 11) is 0. The molecule has 1 spiro atoms. The summed E-state index contributed by atoms with van der Waals surface area (Å²) in [6.45, 7) is 5.34. The maximum Gasteiger partial charge on any atom is 0.0713 e. The van der Waals surface area contributed by atoms with Gasteiger partial charge in [0.05, 0.1) is 5.60 Å². The Morgan fingerprint density at radius 2 is 1.95 bits per heavy atom. The number of ether oxygens (including phenoxy) is 1. The molecule has 2 unspecified atom stereocenters. The second-order valence-electron chi connectivity index (χ2n) is 6.63. The van der Waals surface area contributed by atoms with Gasteiger partial charge in [-0.25, -0.2) is 0 Å². The molecule has 2 saturated heterocycles. The van der Waals surface area contributed by atoms with Crippen LogP contribution in [0.2, 0.25) is 0 Å². The molecule has 2 aliphatic heterocycles. The number of benzene rings is 1. The highest BCUT2D eigenvalue weighted by Crippen LogP contribution is 2.38. The first-order valence-corrected chi connectivity index (χ1v) is 9.37. The topological polar surface area (TPSA) is 21.3 Å². The SMILES string of the molecule is Cc1ccc(C(C)NC2CCOC3(CCSCC3)C2)cc1. The quantitative estimate of drug-likeness (QED) is 0.909. The molecule has 21 heavy (non-hydrogen) atoms. The maximum absolute atomic E-state index is 6.19. The molecule has 2 atom stereocenters. The Hall–Kier alpha value is -0.510. The van der Waals surface area contributed by atoms with Crippen molar-refractivity contribution in [2.24, 2.45) is 0 Å². The lowest BCUT2D eigenvalue weighted by Gasteiger charge is -2.44. The van der Waals surface area contributed by atoms with Crippen LogP contribution in [0.4, 0.5) is 0 Å². The molecule has 2 fully saturated rings. The van der Waals surface area contributed by atoms with Crippen molar-refractivity contribution in [3.63, 3.8) is 0 Å². The Morgan fingerprint density at radius 3 is 2.67 bits per heavy atom. The van der Waals surface area contributed by atoms with E-state index in [1.54, 1.807) is 0 Å². The van der Waals surface area contributed by atoms with Crippen molar-refractivity contribution in [2.45, 2.75) is 57.2 Å². The number of hydrogen-bond donors (Lipinski definition) is 1. The Morgan fingerprint density at radius 1 is 1.24 bits per heavy atom. The third kappa shape index (κ3) is 3.82. The lowest BCUT2D eigenvalue weighted by atomic mass is 9.85. The molecule has 2 nitrogen and oxygen atoms in total. The standard InChI is InChI=1S/C18H27NOS/c1-14-3-5-16(6-4-14)15(2)19-17-7-10-20-18(13-17)8-11-21-12-9-18/h3-6,15,17,19H,7-13H2,1-2H3. The molecule has 0 amide bonds. The van der Waals surface area contributed by atoms with Crippen molar-refractivity contribution >= 4 is 11.8 Å². The molecule has 1 N–H and O–H groups in total. The molecule has 0 bridgehead atoms. The molecule has 0 aromatic heterocycles. The van der Waals surface area contributed by atoms with Gasteiger partial charge in [-0.3, -0.25) is 0 Å². The van der Waals surface area contributed by atoms with E-state index in [1.165, 1.54) is 41.9 Å². The fourth-order valence-electron chi connectivity index (χ4n) is 3.57. The van der Waals surface area contributed by atoms with Gasteiger partial charge in [-0.05, 0) is 56.6 Å². The van der Waals surface area contributed by atoms with Gasteiger partial charge in [-0.1, -0.05) is 29.8 Å². The first-order valence-electron chi connectivity index (χ1n) is 8.21. The van der Waals surface area contributed by atoms with Crippen LogP contribution >= 0.6 is 11.8 Å². The van der Waals surface area contributed by atoms with Crippen molar-refractivity contribution in [2.75, 3.05) is 18.1 Å². The third-order valence-corrected chi connectivity index (χ3v) is 5.95. The lowest BCUT2D eigenvalue weighted by molar-refractivity contribution is -0.0940. The van der Waals surface area contributed by atoms with Gasteiger partial charge >= 0.3 is 0 Å². The Balaban J connectivity index is 1.60. The van der Waals surface area contributed by atoms with Gasteiger partial charge in [-0.15, -0.1) is 0 Å². The molecule has 1 aromatic rings. The summed E-state index contributed by atoms with van der Waals surface area (Å²) < 4.78 is 6.19. The molecular weight excluding hydrogens is 278 g/mol. The fourth-order valence-corrected chi connectivity index (χ4v) is 4.80. The van der Waals surface area contributed by atoms with Crippen molar-refractivity contribution in [3.8, 4) is 0 Å². The van der Waals surface area contributed by atoms with Crippen LogP contribution in [0, 0.1) is 6.92 Å². The lowest BCUT2D eigenvalue weighted by Crippen LogP contribution is -2.49. The first-order chi connectivity index (χ1) is 10.2. The van der Waals surface area contributed by atoms with E-state index in [4.69, 9.17) is 4.74 Å². The van der Waals surface area contributed by atoms with E-state index in [1.807, 2.05) is 0 Å². The zero-order valence-corrected chi connectivity index (χ0v) is 14.0. The van der Waals surface area contributed by atoms with Crippen LogP contribution in [0.5, 0.6) is 0 Å². The molecule has 1 aromatic carbocycles. The number of nitrogens with one attached hydrogen (secondary N) is 1. The van der Waals surface area contributed by atoms with E-state index in [-0.39, 0.29) is 5.60 Å². The highest BCUT2D eigenvalue weighted by molar-refractivity contribution is 7.99. The fraction of sp³-hybridized carbons (Fsp3) is 0.667. The van der Waals surface area contributed by atoms with Crippen molar-refractivity contribution < 1.29 is 4.74 Å². The van der Waals surface area contributed by atoms with Crippen LogP contribution < -0.4 is 5.32 Å². The molecule has 3 heteroatoms. The predicted octanol–water partition coefficient (Wildman–Crippen LogP) is 4.09. The second-order valence-corrected chi connectivity index (χ2v) is 7.86. The molecule has 0 aliphatic carbocycles. The summed E-state index contributed by atoms with van der Waals surface area (Å²) in [4.78, 5) is 0. The molecule has 2 heterocycles. The van der Waals surface area contributed by atoms with Gasteiger partial charge in [-0.2, -0.15) is 11.8 Å². The van der Waals surface area contributed by atoms with Gasteiger partial charge in [0.25, 0.3) is 0 Å². The van der Waals surface area contributed by atoms with Gasteiger partial charge < -0.3 is 10.1 Å². The average molecular weight is 305 g/mol. The largest absolute Gasteiger partial charge is 0.375 e. The minimum atomic E-state index is 0.175. The normalized spacial score (nSPS) is 26.7. The summed E-state index contributed by atoms with van der Waals surface area (Å²) in [6, 6.07) is 9.93. The van der Waals surface area contributed by atoms with Crippen LogP contribution in [-0.2, 0) is 4.74 Å². The summed E-state index contributed by atoms with van der Waals surface area (Å²) in [6.07, 6.45) is 4.79. The van der Waals surface area contributed by atoms with E-state index in [2.05, 4.69) is 55.2 Å². The van der Waals surface area contributed by atoms with Gasteiger partial charge in [0.1, 0.15) is 0 Å². The summed E-state index contributed by atoms with van der Waals surface area (Å²) in [5.74, 6) is 2.53. The molecule has 2 aliphatic rings. The van der Waals surface area contributed by atoms with Gasteiger partial charge in [0, 0.05) is 18.7 Å². The van der Waals surface area contributed by atoms with E-state index in [0.717, 1.165) is 13.0 Å². The molecular formula is C18H27NOS. The smallest absolute Gasteiger partial charge is 0.0713 e. The summed E-state index contributed by atoms with van der Waals surface area (Å²) >= 11 is 2.08. The Kier molecular flexibility index (Phi) is 4.92. The number of hydrogen-bond acceptors (Lipinski definition) is 3. The average Bonchev–Trinajstić information content (AvgIpc) is 2.49. The van der Waals surface area contributed by atoms with Crippen LogP contribution in [0.3, 0.4) is 0 Å². The molecule has 3 rings (SSSR count). The van der Waals surface area contributed by atoms with Crippen LogP contribution in [0.15, 0.2) is 24.3 Å². The van der Waals surface area contributed by atoms with Crippen LogP contribution in [0.1, 0.15) is 49.8 Å². The monoisotopic (exact) mass is 305 g/mol. The molecule has 0 saturated carbocycles. The van der Waals surface area contributed by atoms with E-state index >= 15 is 0 Å². The predicted molar refractivity (Wildman–Crippen MR) is 91.0 cm³/mol. The second kappa shape index (κ2) is 6.72. The third-order valence-electron chi connectivity index (χ3n) is 4.96. The van der Waals surface area contributed by atoms with E-state index < -0.39 is 0 Å². The first kappa shape index (κ1) is 15.4. The highest BCUT2D eigenvalue weighted by Gasteiger charge is 2.38. The minimum absolute atomic E-state index is 0.175. The zero-order valence-electron chi connectivity index (χ0n) is 13.2. The van der Waals surface area contributed by atoms with Crippen molar-refractivity contribution in [3.05, 3.63) is 35.4 Å². The van der Waals surface area contributed by atoms with Crippen molar-refractivity contribution in [1.82, 2.24) is 5.32 Å². The maximum atomic E-state index is 6.19. The van der Waals surface area contributed by atoms with Crippen LogP contribution in [0.25, 0.3) is 0 Å². The van der Waals surface area contributed by atoms with Gasteiger partial charge in [0.15, 0.2) is 0 Å². The van der Waals surface area contributed by atoms with Crippen LogP contribution in [-0.4, -0.2) is 29.8 Å². The Bertz CT molecular complexity index is 447. The van der Waals surface area contributed by atoms with E-state index in [0.29, 0.717) is 12.1 Å². The number of thioether (sulfide) groups is 1. The highest BCUT2D eigenvalue weighted by atomic mass is 32.2. The number of rotatable bonds is 3. The zero-order chi connectivity index (χ0) is 14.7. The summed E-state index contributed by atoms with van der Waals surface area (Å²) in [5, 5.41) is 3.84. The summed E-state index contributed by atoms with van der Waals surface area (Å²) in [5.41, 5.74) is 2.89. The molecule has 0 radical (unpaired) electrons. The molecule has 116 valence electrons.